The molecule has 1 aromatic carbocycles. The van der Waals surface area contributed by atoms with E-state index in [-0.39, 0.29) is 17.8 Å². The first-order valence-electron chi connectivity index (χ1n) is 6.52. The minimum absolute atomic E-state index is 0.0962. The Morgan fingerprint density at radius 2 is 1.75 bits per heavy atom. The van der Waals surface area contributed by atoms with Crippen molar-refractivity contribution in [3.05, 3.63) is 24.3 Å². The molecule has 2 heterocycles. The summed E-state index contributed by atoms with van der Waals surface area (Å²) < 4.78 is 5.52. The first kappa shape index (κ1) is 12.9. The zero-order valence-corrected chi connectivity index (χ0v) is 10.6. The van der Waals surface area contributed by atoms with Gasteiger partial charge in [-0.3, -0.25) is 4.79 Å². The Balaban J connectivity index is 1.76. The summed E-state index contributed by atoms with van der Waals surface area (Å²) in [6.07, 6.45) is 0.592. The lowest BCUT2D eigenvalue weighted by Gasteiger charge is -2.27. The van der Waals surface area contributed by atoms with Gasteiger partial charge in [0.15, 0.2) is 0 Å². The van der Waals surface area contributed by atoms with Crippen LogP contribution in [0.4, 0.5) is 5.69 Å². The average Bonchev–Trinajstić information content (AvgIpc) is 3.01. The van der Waals surface area contributed by atoms with E-state index in [0.29, 0.717) is 18.5 Å². The molecule has 1 aromatic rings. The summed E-state index contributed by atoms with van der Waals surface area (Å²) in [6.45, 7) is 0. The number of ether oxygens (including phenoxy) is 1. The number of aliphatic carboxylic acids is 1. The molecule has 0 radical (unpaired) electrons. The third kappa shape index (κ3) is 2.12. The van der Waals surface area contributed by atoms with Crippen LogP contribution in [0, 0.1) is 11.8 Å². The van der Waals surface area contributed by atoms with Crippen LogP contribution in [0.25, 0.3) is 0 Å². The Labute approximate surface area is 115 Å². The molecule has 3 rings (SSSR count). The van der Waals surface area contributed by atoms with Gasteiger partial charge >= 0.3 is 0 Å². The average molecular weight is 276 g/mol. The number of hydrogen-bond donors (Lipinski definition) is 2. The Hall–Kier alpha value is -2.08. The lowest BCUT2D eigenvalue weighted by molar-refractivity contribution is -0.313. The van der Waals surface area contributed by atoms with Crippen molar-refractivity contribution < 1.29 is 24.5 Å². The van der Waals surface area contributed by atoms with Crippen LogP contribution >= 0.6 is 0 Å². The lowest BCUT2D eigenvalue weighted by atomic mass is 9.78. The predicted molar refractivity (Wildman–Crippen MR) is 66.6 cm³/mol. The molecule has 6 nitrogen and oxygen atoms in total. The summed E-state index contributed by atoms with van der Waals surface area (Å²) in [5, 5.41) is 23.0. The Bertz CT molecular complexity index is 541. The molecular formula is C14H14NO5-. The summed E-state index contributed by atoms with van der Waals surface area (Å²) in [7, 11) is 0. The van der Waals surface area contributed by atoms with E-state index < -0.39 is 23.9 Å². The van der Waals surface area contributed by atoms with Crippen LogP contribution in [0.3, 0.4) is 0 Å². The Morgan fingerprint density at radius 3 is 2.35 bits per heavy atom. The molecule has 0 aliphatic carbocycles. The van der Waals surface area contributed by atoms with Crippen LogP contribution < -0.4 is 10.4 Å². The highest BCUT2D eigenvalue weighted by Gasteiger charge is 2.52. The van der Waals surface area contributed by atoms with Crippen LogP contribution in [0.5, 0.6) is 5.75 Å². The van der Waals surface area contributed by atoms with E-state index in [4.69, 9.17) is 4.74 Å². The van der Waals surface area contributed by atoms with Gasteiger partial charge < -0.3 is 25.1 Å². The molecule has 1 amide bonds. The fourth-order valence-corrected chi connectivity index (χ4v) is 3.08. The molecule has 2 N–H and O–H groups in total. The fraction of sp³-hybridized carbons (Fsp3) is 0.429. The number of benzene rings is 1. The molecule has 106 valence electrons. The highest BCUT2D eigenvalue weighted by Crippen LogP contribution is 2.43. The highest BCUT2D eigenvalue weighted by molar-refractivity contribution is 5.96. The number of anilines is 1. The van der Waals surface area contributed by atoms with E-state index in [9.17, 15) is 19.8 Å². The molecule has 2 aliphatic heterocycles. The van der Waals surface area contributed by atoms with E-state index >= 15 is 0 Å². The minimum atomic E-state index is -1.23. The van der Waals surface area contributed by atoms with Crippen LogP contribution in [0.1, 0.15) is 12.8 Å². The van der Waals surface area contributed by atoms with E-state index in [1.54, 1.807) is 12.1 Å². The zero-order valence-electron chi connectivity index (χ0n) is 10.6. The van der Waals surface area contributed by atoms with Crippen LogP contribution in [0.2, 0.25) is 0 Å². The molecule has 2 saturated heterocycles. The van der Waals surface area contributed by atoms with Crippen molar-refractivity contribution in [2.24, 2.45) is 11.8 Å². The number of amides is 1. The van der Waals surface area contributed by atoms with Crippen molar-refractivity contribution in [3.63, 3.8) is 0 Å². The summed E-state index contributed by atoms with van der Waals surface area (Å²) >= 11 is 0. The molecular weight excluding hydrogens is 262 g/mol. The number of carbonyl (C=O) groups excluding carboxylic acids is 2. The number of phenols is 1. The monoisotopic (exact) mass is 276 g/mol. The first-order valence-corrected chi connectivity index (χ1v) is 6.52. The van der Waals surface area contributed by atoms with E-state index in [2.05, 4.69) is 5.32 Å². The Morgan fingerprint density at radius 1 is 1.15 bits per heavy atom. The second-order valence-corrected chi connectivity index (χ2v) is 5.20. The third-order valence-corrected chi connectivity index (χ3v) is 3.98. The van der Waals surface area contributed by atoms with Gasteiger partial charge in [0, 0.05) is 17.6 Å². The summed E-state index contributed by atoms with van der Waals surface area (Å²) in [6, 6.07) is 6.00. The number of aromatic hydroxyl groups is 1. The summed E-state index contributed by atoms with van der Waals surface area (Å²) in [4.78, 5) is 23.5. The maximum absolute atomic E-state index is 12.3. The van der Waals surface area contributed by atoms with Crippen molar-refractivity contribution in [2.45, 2.75) is 25.0 Å². The normalized spacial score (nSPS) is 31.2. The van der Waals surface area contributed by atoms with Crippen LogP contribution in [-0.2, 0) is 14.3 Å². The van der Waals surface area contributed by atoms with Gasteiger partial charge in [-0.15, -0.1) is 0 Å². The van der Waals surface area contributed by atoms with Gasteiger partial charge in [-0.1, -0.05) is 0 Å². The number of nitrogens with one attached hydrogen (secondary N) is 1. The van der Waals surface area contributed by atoms with Crippen molar-refractivity contribution in [2.75, 3.05) is 5.32 Å². The molecule has 0 saturated carbocycles. The first-order chi connectivity index (χ1) is 9.56. The fourth-order valence-electron chi connectivity index (χ4n) is 3.08. The quantitative estimate of drug-likeness (QED) is 0.750. The van der Waals surface area contributed by atoms with Gasteiger partial charge in [-0.25, -0.2) is 0 Å². The van der Waals surface area contributed by atoms with Crippen molar-refractivity contribution in [1.82, 2.24) is 0 Å². The van der Waals surface area contributed by atoms with Gasteiger partial charge in [-0.2, -0.15) is 0 Å². The van der Waals surface area contributed by atoms with E-state index in [0.717, 1.165) is 0 Å². The zero-order chi connectivity index (χ0) is 14.3. The third-order valence-electron chi connectivity index (χ3n) is 3.98. The topological polar surface area (TPSA) is 98.7 Å². The van der Waals surface area contributed by atoms with E-state index in [1.807, 2.05) is 0 Å². The largest absolute Gasteiger partial charge is 0.550 e. The van der Waals surface area contributed by atoms with Crippen molar-refractivity contribution >= 4 is 17.6 Å². The van der Waals surface area contributed by atoms with Gasteiger partial charge in [0.2, 0.25) is 5.91 Å². The molecule has 0 aromatic heterocycles. The molecule has 6 heteroatoms. The number of fused-ring (bicyclic) bond motifs is 2. The van der Waals surface area contributed by atoms with Crippen LogP contribution in [0.15, 0.2) is 24.3 Å². The maximum Gasteiger partial charge on any atom is 0.230 e. The minimum Gasteiger partial charge on any atom is -0.550 e. The number of hydrogen-bond acceptors (Lipinski definition) is 5. The lowest BCUT2D eigenvalue weighted by Crippen LogP contribution is -2.46. The predicted octanol–water partition coefficient (Wildman–Crippen LogP) is -0.126. The molecule has 2 aliphatic rings. The highest BCUT2D eigenvalue weighted by atomic mass is 16.5. The SMILES string of the molecule is O=C([O-])[C@@H]1[C@H](C(=O)Nc2ccc(O)cc2)[C@@H]2CC[C@H]1O2. The molecule has 2 fully saturated rings. The van der Waals surface area contributed by atoms with E-state index in [1.165, 1.54) is 12.1 Å². The summed E-state index contributed by atoms with van der Waals surface area (Å²) in [5.41, 5.74) is 0.507. The number of carbonyl (C=O) groups is 2. The van der Waals surface area contributed by atoms with Crippen LogP contribution in [-0.4, -0.2) is 29.2 Å². The van der Waals surface area contributed by atoms with Gasteiger partial charge in [0.1, 0.15) is 5.75 Å². The number of carboxylic acid groups (broad SMARTS) is 1. The molecule has 0 unspecified atom stereocenters. The van der Waals surface area contributed by atoms with Crippen molar-refractivity contribution in [3.8, 4) is 5.75 Å². The number of rotatable bonds is 3. The molecule has 20 heavy (non-hydrogen) atoms. The molecule has 2 bridgehead atoms. The second-order valence-electron chi connectivity index (χ2n) is 5.20. The van der Waals surface area contributed by atoms with Gasteiger partial charge in [0.05, 0.1) is 18.1 Å². The summed E-state index contributed by atoms with van der Waals surface area (Å²) in [5.74, 6) is -3.11. The second kappa shape index (κ2) is 4.79. The van der Waals surface area contributed by atoms with Gasteiger partial charge in [-0.05, 0) is 37.1 Å². The smallest absolute Gasteiger partial charge is 0.230 e. The number of carboxylic acids is 1. The number of phenolic OH excluding ortho intramolecular Hbond substituents is 1. The standard InChI is InChI=1S/C14H15NO5/c16-8-3-1-7(2-4-8)15-13(17)11-9-5-6-10(20-9)12(11)14(18)19/h1-4,9-12,16H,5-6H2,(H,15,17)(H,18,19)/p-1/t9-,10+,11+,12-/m0/s1. The van der Waals surface area contributed by atoms with Gasteiger partial charge in [0.25, 0.3) is 0 Å². The maximum atomic E-state index is 12.3. The van der Waals surface area contributed by atoms with Crippen molar-refractivity contribution in [1.29, 1.82) is 0 Å². The Kier molecular flexibility index (Phi) is 3.10. The molecule has 4 atom stereocenters. The molecule has 0 spiro atoms.